The first-order chi connectivity index (χ1) is 7.64. The van der Waals surface area contributed by atoms with Crippen molar-refractivity contribution in [2.45, 2.75) is 51.0 Å². The normalized spacial score (nSPS) is 30.2. The van der Waals surface area contributed by atoms with Crippen LogP contribution in [0.2, 0.25) is 0 Å². The molecule has 0 saturated heterocycles. The van der Waals surface area contributed by atoms with E-state index in [9.17, 15) is 9.90 Å². The Morgan fingerprint density at radius 1 is 1.44 bits per heavy atom. The molecule has 4 nitrogen and oxygen atoms in total. The molecule has 1 aliphatic rings. The van der Waals surface area contributed by atoms with Crippen LogP contribution in [0.1, 0.15) is 45.4 Å². The van der Waals surface area contributed by atoms with Crippen molar-refractivity contribution in [3.8, 4) is 0 Å². The van der Waals surface area contributed by atoms with Crippen LogP contribution in [0.25, 0.3) is 0 Å². The highest BCUT2D eigenvalue weighted by molar-refractivity contribution is 5.78. The van der Waals surface area contributed by atoms with Gasteiger partial charge in [0.2, 0.25) is 0 Å². The molecule has 94 valence electrons. The lowest BCUT2D eigenvalue weighted by atomic mass is 9.75. The number of rotatable bonds is 6. The van der Waals surface area contributed by atoms with E-state index < -0.39 is 11.5 Å². The molecule has 0 unspecified atom stereocenters. The van der Waals surface area contributed by atoms with E-state index in [-0.39, 0.29) is 6.61 Å². The van der Waals surface area contributed by atoms with Crippen LogP contribution in [-0.2, 0) is 4.79 Å². The number of aliphatic carboxylic acids is 1. The fourth-order valence-electron chi connectivity index (χ4n) is 2.45. The average molecular weight is 229 g/mol. The van der Waals surface area contributed by atoms with Gasteiger partial charge in [0.1, 0.15) is 5.54 Å². The van der Waals surface area contributed by atoms with Gasteiger partial charge in [-0.3, -0.25) is 4.79 Å². The van der Waals surface area contributed by atoms with E-state index in [1.807, 2.05) is 0 Å². The van der Waals surface area contributed by atoms with Gasteiger partial charge in [0.25, 0.3) is 0 Å². The van der Waals surface area contributed by atoms with Crippen molar-refractivity contribution in [1.82, 2.24) is 5.32 Å². The number of aliphatic hydroxyl groups is 1. The van der Waals surface area contributed by atoms with Crippen molar-refractivity contribution >= 4 is 5.97 Å². The molecule has 4 heteroatoms. The second kappa shape index (κ2) is 6.21. The first kappa shape index (κ1) is 13.5. The standard InChI is InChI=1S/C12H23NO3/c1-2-10-4-6-12(7-5-10,11(15)16)13-8-3-9-14/h10,13-14H,2-9H2,1H3,(H,15,16). The SMILES string of the molecule is CCC1CCC(NCCCO)(C(=O)O)CC1. The number of carbonyl (C=O) groups is 1. The quantitative estimate of drug-likeness (QED) is 0.602. The number of hydrogen-bond acceptors (Lipinski definition) is 3. The van der Waals surface area contributed by atoms with Crippen LogP contribution in [0.15, 0.2) is 0 Å². The monoisotopic (exact) mass is 229 g/mol. The van der Waals surface area contributed by atoms with E-state index in [0.29, 0.717) is 31.7 Å². The molecule has 0 aliphatic heterocycles. The lowest BCUT2D eigenvalue weighted by Crippen LogP contribution is -2.54. The topological polar surface area (TPSA) is 69.6 Å². The van der Waals surface area contributed by atoms with Gasteiger partial charge in [0, 0.05) is 6.61 Å². The maximum absolute atomic E-state index is 11.3. The zero-order valence-corrected chi connectivity index (χ0v) is 10.0. The highest BCUT2D eigenvalue weighted by Gasteiger charge is 2.40. The minimum Gasteiger partial charge on any atom is -0.480 e. The summed E-state index contributed by atoms with van der Waals surface area (Å²) >= 11 is 0. The minimum atomic E-state index is -0.736. The van der Waals surface area contributed by atoms with Gasteiger partial charge in [0.05, 0.1) is 0 Å². The highest BCUT2D eigenvalue weighted by Crippen LogP contribution is 2.33. The number of carboxylic acid groups (broad SMARTS) is 1. The third kappa shape index (κ3) is 3.19. The van der Waals surface area contributed by atoms with Gasteiger partial charge in [-0.1, -0.05) is 13.3 Å². The van der Waals surface area contributed by atoms with E-state index in [2.05, 4.69) is 12.2 Å². The highest BCUT2D eigenvalue weighted by atomic mass is 16.4. The fraction of sp³-hybridized carbons (Fsp3) is 0.917. The van der Waals surface area contributed by atoms with Crippen LogP contribution >= 0.6 is 0 Å². The second-order valence-electron chi connectivity index (χ2n) is 4.74. The predicted octanol–water partition coefficient (Wildman–Crippen LogP) is 1.38. The molecule has 0 amide bonds. The van der Waals surface area contributed by atoms with Crippen molar-refractivity contribution in [2.24, 2.45) is 5.92 Å². The van der Waals surface area contributed by atoms with Crippen LogP contribution in [0.4, 0.5) is 0 Å². The Hall–Kier alpha value is -0.610. The van der Waals surface area contributed by atoms with Gasteiger partial charge in [0.15, 0.2) is 0 Å². The van der Waals surface area contributed by atoms with Gasteiger partial charge in [-0.2, -0.15) is 0 Å². The van der Waals surface area contributed by atoms with Crippen LogP contribution in [0.5, 0.6) is 0 Å². The maximum atomic E-state index is 11.3. The first-order valence-corrected chi connectivity index (χ1v) is 6.24. The molecule has 0 aromatic heterocycles. The van der Waals surface area contributed by atoms with E-state index >= 15 is 0 Å². The van der Waals surface area contributed by atoms with Crippen molar-refractivity contribution in [2.75, 3.05) is 13.2 Å². The Bertz CT molecular complexity index is 217. The van der Waals surface area contributed by atoms with Crippen molar-refractivity contribution in [3.63, 3.8) is 0 Å². The van der Waals surface area contributed by atoms with Crippen LogP contribution in [-0.4, -0.2) is 34.9 Å². The molecule has 0 spiro atoms. The molecule has 0 bridgehead atoms. The molecule has 1 fully saturated rings. The third-order valence-electron chi connectivity index (χ3n) is 3.74. The van der Waals surface area contributed by atoms with E-state index in [1.54, 1.807) is 0 Å². The Balaban J connectivity index is 2.51. The smallest absolute Gasteiger partial charge is 0.323 e. The van der Waals surface area contributed by atoms with Crippen LogP contribution in [0.3, 0.4) is 0 Å². The van der Waals surface area contributed by atoms with Gasteiger partial charge >= 0.3 is 5.97 Å². The summed E-state index contributed by atoms with van der Waals surface area (Å²) in [7, 11) is 0. The molecular weight excluding hydrogens is 206 g/mol. The Morgan fingerprint density at radius 3 is 2.50 bits per heavy atom. The molecule has 16 heavy (non-hydrogen) atoms. The lowest BCUT2D eigenvalue weighted by molar-refractivity contribution is -0.146. The summed E-state index contributed by atoms with van der Waals surface area (Å²) in [6.07, 6.45) is 5.18. The van der Waals surface area contributed by atoms with Crippen LogP contribution in [0, 0.1) is 5.92 Å². The van der Waals surface area contributed by atoms with Crippen LogP contribution < -0.4 is 5.32 Å². The van der Waals surface area contributed by atoms with Crippen molar-refractivity contribution in [1.29, 1.82) is 0 Å². The lowest BCUT2D eigenvalue weighted by Gasteiger charge is -2.37. The number of hydrogen-bond donors (Lipinski definition) is 3. The van der Waals surface area contributed by atoms with Gasteiger partial charge in [-0.25, -0.2) is 0 Å². The van der Waals surface area contributed by atoms with Crippen molar-refractivity contribution in [3.05, 3.63) is 0 Å². The molecule has 1 aliphatic carbocycles. The van der Waals surface area contributed by atoms with E-state index in [0.717, 1.165) is 19.3 Å². The zero-order valence-electron chi connectivity index (χ0n) is 10.0. The number of nitrogens with one attached hydrogen (secondary N) is 1. The van der Waals surface area contributed by atoms with E-state index in [1.165, 1.54) is 0 Å². The number of aliphatic hydroxyl groups excluding tert-OH is 1. The summed E-state index contributed by atoms with van der Waals surface area (Å²) in [5, 5.41) is 21.2. The maximum Gasteiger partial charge on any atom is 0.323 e. The number of carboxylic acids is 1. The Kier molecular flexibility index (Phi) is 5.22. The summed E-state index contributed by atoms with van der Waals surface area (Å²) in [6.45, 7) is 2.86. The van der Waals surface area contributed by atoms with Gasteiger partial charge in [-0.05, 0) is 44.6 Å². The summed E-state index contributed by atoms with van der Waals surface area (Å²) in [5.74, 6) is -0.0490. The molecule has 0 atom stereocenters. The molecule has 3 N–H and O–H groups in total. The zero-order chi connectivity index (χ0) is 12.0. The summed E-state index contributed by atoms with van der Waals surface area (Å²) < 4.78 is 0. The van der Waals surface area contributed by atoms with Crippen molar-refractivity contribution < 1.29 is 15.0 Å². The predicted molar refractivity (Wildman–Crippen MR) is 62.3 cm³/mol. The Labute approximate surface area is 97.0 Å². The average Bonchev–Trinajstić information content (AvgIpc) is 2.30. The largest absolute Gasteiger partial charge is 0.480 e. The molecule has 1 saturated carbocycles. The molecule has 0 aromatic carbocycles. The molecule has 0 aromatic rings. The summed E-state index contributed by atoms with van der Waals surface area (Å²) in [5.41, 5.74) is -0.735. The molecular formula is C12H23NO3. The Morgan fingerprint density at radius 2 is 2.06 bits per heavy atom. The minimum absolute atomic E-state index is 0.111. The molecule has 0 radical (unpaired) electrons. The molecule has 1 rings (SSSR count). The summed E-state index contributed by atoms with van der Waals surface area (Å²) in [4.78, 5) is 11.3. The second-order valence-corrected chi connectivity index (χ2v) is 4.74. The molecule has 0 heterocycles. The fourth-order valence-corrected chi connectivity index (χ4v) is 2.45. The first-order valence-electron chi connectivity index (χ1n) is 6.24. The van der Waals surface area contributed by atoms with Gasteiger partial charge in [-0.15, -0.1) is 0 Å². The van der Waals surface area contributed by atoms with E-state index in [4.69, 9.17) is 5.11 Å². The summed E-state index contributed by atoms with van der Waals surface area (Å²) in [6, 6.07) is 0. The third-order valence-corrected chi connectivity index (χ3v) is 3.74. The van der Waals surface area contributed by atoms with Gasteiger partial charge < -0.3 is 15.5 Å².